The maximum absolute atomic E-state index is 12.9. The van der Waals surface area contributed by atoms with Crippen LogP contribution in [0.4, 0.5) is 4.39 Å². The number of hydrogen-bond donors (Lipinski definition) is 2. The number of carbonyl (C=O) groups excluding carboxylic acids is 1. The molecule has 0 bridgehead atoms. The van der Waals surface area contributed by atoms with Crippen LogP contribution < -0.4 is 15.8 Å². The fourth-order valence-corrected chi connectivity index (χ4v) is 3.04. The predicted octanol–water partition coefficient (Wildman–Crippen LogP) is 2.73. The largest absolute Gasteiger partial charge is 0.457 e. The molecule has 0 radical (unpaired) electrons. The van der Waals surface area contributed by atoms with Gasteiger partial charge < -0.3 is 15.8 Å². The van der Waals surface area contributed by atoms with E-state index in [9.17, 15) is 17.6 Å². The average Bonchev–Trinajstić information content (AvgIpc) is 2.60. The molecule has 0 saturated heterocycles. The lowest BCUT2D eigenvalue weighted by atomic mass is 10.1. The Hall–Kier alpha value is -2.16. The van der Waals surface area contributed by atoms with Gasteiger partial charge in [0.1, 0.15) is 27.2 Å². The zero-order chi connectivity index (χ0) is 20.0. The average molecular weight is 431 g/mol. The van der Waals surface area contributed by atoms with E-state index in [1.54, 1.807) is 24.3 Å². The third kappa shape index (κ3) is 7.84. The van der Waals surface area contributed by atoms with E-state index in [0.29, 0.717) is 11.5 Å². The van der Waals surface area contributed by atoms with Crippen LogP contribution in [-0.2, 0) is 21.2 Å². The van der Waals surface area contributed by atoms with Gasteiger partial charge in [-0.15, -0.1) is 12.4 Å². The number of nitrogens with one attached hydrogen (secondary N) is 1. The van der Waals surface area contributed by atoms with Crippen LogP contribution in [-0.4, -0.2) is 32.4 Å². The standard InChI is InChI=1S/C19H23FN2O4S.ClH/c1-13-11-14(12-22-19(23)17(21)9-10-27(2,24)25)3-8-18(13)26-16-6-4-15(20)5-7-16;/h3-8,11,17H,9-10,12,21H2,1-2H3,(H,22,23);1H. The lowest BCUT2D eigenvalue weighted by Gasteiger charge is -2.13. The van der Waals surface area contributed by atoms with E-state index in [4.69, 9.17) is 10.5 Å². The molecular formula is C19H24ClFN2O4S. The smallest absolute Gasteiger partial charge is 0.237 e. The van der Waals surface area contributed by atoms with Gasteiger partial charge in [-0.3, -0.25) is 4.79 Å². The summed E-state index contributed by atoms with van der Waals surface area (Å²) in [5, 5.41) is 2.70. The SMILES string of the molecule is Cc1cc(CNC(=O)C(N)CCS(C)(=O)=O)ccc1Oc1ccc(F)cc1.Cl. The quantitative estimate of drug-likeness (QED) is 0.670. The molecule has 0 saturated carbocycles. The van der Waals surface area contributed by atoms with Crippen LogP contribution in [0.25, 0.3) is 0 Å². The first-order valence-electron chi connectivity index (χ1n) is 8.38. The number of benzene rings is 2. The molecule has 0 heterocycles. The number of carbonyl (C=O) groups is 1. The molecule has 154 valence electrons. The summed E-state index contributed by atoms with van der Waals surface area (Å²) in [5.74, 6) is 0.289. The summed E-state index contributed by atoms with van der Waals surface area (Å²) in [4.78, 5) is 12.0. The number of aryl methyl sites for hydroxylation is 1. The van der Waals surface area contributed by atoms with Crippen molar-refractivity contribution in [1.82, 2.24) is 5.32 Å². The van der Waals surface area contributed by atoms with Gasteiger partial charge in [-0.05, 0) is 54.8 Å². The molecule has 1 unspecified atom stereocenters. The Morgan fingerprint density at radius 3 is 2.43 bits per heavy atom. The van der Waals surface area contributed by atoms with E-state index < -0.39 is 21.8 Å². The number of rotatable bonds is 8. The Bertz CT molecular complexity index is 905. The zero-order valence-corrected chi connectivity index (χ0v) is 17.3. The fourth-order valence-electron chi connectivity index (χ4n) is 2.36. The van der Waals surface area contributed by atoms with Gasteiger partial charge in [-0.25, -0.2) is 12.8 Å². The van der Waals surface area contributed by atoms with Gasteiger partial charge in [0.2, 0.25) is 5.91 Å². The lowest BCUT2D eigenvalue weighted by Crippen LogP contribution is -2.41. The molecule has 0 spiro atoms. The van der Waals surface area contributed by atoms with Crippen molar-refractivity contribution < 1.29 is 22.3 Å². The molecule has 0 aliphatic rings. The minimum Gasteiger partial charge on any atom is -0.457 e. The third-order valence-electron chi connectivity index (χ3n) is 3.88. The molecular weight excluding hydrogens is 407 g/mol. The van der Waals surface area contributed by atoms with Crippen LogP contribution in [0.5, 0.6) is 11.5 Å². The number of nitrogens with two attached hydrogens (primary N) is 1. The Labute approximate surface area is 170 Å². The van der Waals surface area contributed by atoms with Crippen LogP contribution in [0.2, 0.25) is 0 Å². The molecule has 1 amide bonds. The lowest BCUT2D eigenvalue weighted by molar-refractivity contribution is -0.122. The summed E-state index contributed by atoms with van der Waals surface area (Å²) in [5.41, 5.74) is 7.42. The van der Waals surface area contributed by atoms with Crippen molar-refractivity contribution in [2.45, 2.75) is 25.9 Å². The highest BCUT2D eigenvalue weighted by molar-refractivity contribution is 7.90. The number of amides is 1. The molecule has 0 aliphatic carbocycles. The van der Waals surface area contributed by atoms with Gasteiger partial charge >= 0.3 is 0 Å². The normalized spacial score (nSPS) is 12.0. The highest BCUT2D eigenvalue weighted by Gasteiger charge is 2.15. The van der Waals surface area contributed by atoms with Crippen LogP contribution in [0, 0.1) is 12.7 Å². The van der Waals surface area contributed by atoms with Gasteiger partial charge in [0.25, 0.3) is 0 Å². The highest BCUT2D eigenvalue weighted by atomic mass is 35.5. The Balaban J connectivity index is 0.00000392. The predicted molar refractivity (Wildman–Crippen MR) is 109 cm³/mol. The van der Waals surface area contributed by atoms with Crippen molar-refractivity contribution in [3.8, 4) is 11.5 Å². The molecule has 6 nitrogen and oxygen atoms in total. The molecule has 0 fully saturated rings. The number of sulfone groups is 1. The molecule has 2 rings (SSSR count). The van der Waals surface area contributed by atoms with E-state index in [1.807, 2.05) is 13.0 Å². The minimum atomic E-state index is -3.15. The molecule has 0 aliphatic heterocycles. The maximum atomic E-state index is 12.9. The Kier molecular flexibility index (Phi) is 8.87. The van der Waals surface area contributed by atoms with Crippen molar-refractivity contribution in [1.29, 1.82) is 0 Å². The highest BCUT2D eigenvalue weighted by Crippen LogP contribution is 2.25. The van der Waals surface area contributed by atoms with Crippen molar-refractivity contribution in [3.05, 3.63) is 59.4 Å². The van der Waals surface area contributed by atoms with Gasteiger partial charge in [0.15, 0.2) is 0 Å². The van der Waals surface area contributed by atoms with Crippen LogP contribution >= 0.6 is 12.4 Å². The van der Waals surface area contributed by atoms with Crippen molar-refractivity contribution >= 4 is 28.2 Å². The first kappa shape index (κ1) is 23.9. The van der Waals surface area contributed by atoms with E-state index in [0.717, 1.165) is 17.4 Å². The van der Waals surface area contributed by atoms with E-state index in [1.165, 1.54) is 12.1 Å². The maximum Gasteiger partial charge on any atom is 0.237 e. The van der Waals surface area contributed by atoms with Crippen molar-refractivity contribution in [3.63, 3.8) is 0 Å². The topological polar surface area (TPSA) is 98.5 Å². The molecule has 2 aromatic rings. The second kappa shape index (κ2) is 10.4. The molecule has 28 heavy (non-hydrogen) atoms. The van der Waals surface area contributed by atoms with E-state index >= 15 is 0 Å². The first-order valence-corrected chi connectivity index (χ1v) is 10.4. The van der Waals surface area contributed by atoms with E-state index in [2.05, 4.69) is 5.32 Å². The second-order valence-corrected chi connectivity index (χ2v) is 8.66. The van der Waals surface area contributed by atoms with Crippen LogP contribution in [0.3, 0.4) is 0 Å². The summed E-state index contributed by atoms with van der Waals surface area (Å²) in [6, 6.07) is 10.3. The first-order chi connectivity index (χ1) is 12.6. The number of hydrogen-bond acceptors (Lipinski definition) is 5. The molecule has 2 aromatic carbocycles. The number of ether oxygens (including phenoxy) is 1. The number of halogens is 2. The summed E-state index contributed by atoms with van der Waals surface area (Å²) in [7, 11) is -3.15. The van der Waals surface area contributed by atoms with Crippen molar-refractivity contribution in [2.24, 2.45) is 5.73 Å². The monoisotopic (exact) mass is 430 g/mol. The van der Waals surface area contributed by atoms with Gasteiger partial charge in [0, 0.05) is 12.8 Å². The Morgan fingerprint density at radius 1 is 1.21 bits per heavy atom. The van der Waals surface area contributed by atoms with Gasteiger partial charge in [-0.1, -0.05) is 12.1 Å². The van der Waals surface area contributed by atoms with Crippen LogP contribution in [0.15, 0.2) is 42.5 Å². The van der Waals surface area contributed by atoms with Gasteiger partial charge in [-0.2, -0.15) is 0 Å². The fraction of sp³-hybridized carbons (Fsp3) is 0.316. The van der Waals surface area contributed by atoms with E-state index in [-0.39, 0.29) is 36.9 Å². The second-order valence-electron chi connectivity index (χ2n) is 6.40. The molecule has 0 aromatic heterocycles. The summed E-state index contributed by atoms with van der Waals surface area (Å²) >= 11 is 0. The summed E-state index contributed by atoms with van der Waals surface area (Å²) in [6.45, 7) is 2.13. The molecule has 3 N–H and O–H groups in total. The van der Waals surface area contributed by atoms with Crippen LogP contribution in [0.1, 0.15) is 17.5 Å². The third-order valence-corrected chi connectivity index (χ3v) is 4.86. The summed E-state index contributed by atoms with van der Waals surface area (Å²) < 4.78 is 40.9. The zero-order valence-electron chi connectivity index (χ0n) is 15.6. The Morgan fingerprint density at radius 2 is 1.86 bits per heavy atom. The van der Waals surface area contributed by atoms with Gasteiger partial charge in [0.05, 0.1) is 11.8 Å². The summed E-state index contributed by atoms with van der Waals surface area (Å²) in [6.07, 6.45) is 1.18. The minimum absolute atomic E-state index is 0. The van der Waals surface area contributed by atoms with Crippen molar-refractivity contribution in [2.75, 3.05) is 12.0 Å². The molecule has 1 atom stereocenters. The molecule has 9 heteroatoms.